The highest BCUT2D eigenvalue weighted by molar-refractivity contribution is 5.85. The normalized spacial score (nSPS) is 19.0. The van der Waals surface area contributed by atoms with Crippen LogP contribution in [0.3, 0.4) is 0 Å². The molecule has 2 aliphatic heterocycles. The number of nitrogens with zero attached hydrogens (tertiary/aromatic N) is 2. The molecular weight excluding hydrogens is 367 g/mol. The van der Waals surface area contributed by atoms with Crippen LogP contribution >= 0.6 is 24.8 Å². The molecule has 0 spiro atoms. The van der Waals surface area contributed by atoms with E-state index in [0.717, 1.165) is 19.7 Å². The van der Waals surface area contributed by atoms with Crippen LogP contribution in [0.4, 0.5) is 0 Å². The predicted octanol–water partition coefficient (Wildman–Crippen LogP) is 4.70. The lowest BCUT2D eigenvalue weighted by atomic mass is 10.1. The molecule has 0 N–H and O–H groups in total. The minimum absolute atomic E-state index is 0. The molecule has 1 aromatic carbocycles. The highest BCUT2D eigenvalue weighted by atomic mass is 35.5. The second-order valence-corrected chi connectivity index (χ2v) is 7.64. The van der Waals surface area contributed by atoms with Crippen molar-refractivity contribution in [3.63, 3.8) is 0 Å². The van der Waals surface area contributed by atoms with Crippen LogP contribution in [0.15, 0.2) is 24.3 Å². The van der Waals surface area contributed by atoms with Crippen molar-refractivity contribution >= 4 is 24.8 Å². The van der Waals surface area contributed by atoms with Crippen LogP contribution < -0.4 is 0 Å². The molecule has 0 aromatic heterocycles. The van der Waals surface area contributed by atoms with Gasteiger partial charge in [-0.25, -0.2) is 0 Å². The minimum atomic E-state index is 0. The molecule has 0 atom stereocenters. The van der Waals surface area contributed by atoms with Crippen LogP contribution in [0.5, 0.6) is 0 Å². The molecule has 3 rings (SSSR count). The van der Waals surface area contributed by atoms with E-state index >= 15 is 0 Å². The van der Waals surface area contributed by atoms with Gasteiger partial charge in [-0.3, -0.25) is 0 Å². The van der Waals surface area contributed by atoms with Gasteiger partial charge in [-0.1, -0.05) is 42.7 Å². The van der Waals surface area contributed by atoms with E-state index in [1.165, 1.54) is 75.8 Å². The Hall–Kier alpha value is -0.320. The van der Waals surface area contributed by atoms with E-state index in [2.05, 4.69) is 41.0 Å². The SMILES string of the molecule is Cc1ccc(COC(CN2CCCCC2)CN2CCCCC2)cc1.Cl.Cl. The zero-order chi connectivity index (χ0) is 16.6. The summed E-state index contributed by atoms with van der Waals surface area (Å²) in [4.78, 5) is 5.24. The van der Waals surface area contributed by atoms with Gasteiger partial charge in [0.25, 0.3) is 0 Å². The van der Waals surface area contributed by atoms with Gasteiger partial charge >= 0.3 is 0 Å². The van der Waals surface area contributed by atoms with Gasteiger partial charge in [0.05, 0.1) is 12.7 Å². The first-order valence-corrected chi connectivity index (χ1v) is 9.91. The molecule has 3 nitrogen and oxygen atoms in total. The zero-order valence-electron chi connectivity index (χ0n) is 16.2. The molecule has 150 valence electrons. The van der Waals surface area contributed by atoms with E-state index in [-0.39, 0.29) is 24.8 Å². The molecule has 0 amide bonds. The molecule has 1 aromatic rings. The summed E-state index contributed by atoms with van der Waals surface area (Å²) in [6.07, 6.45) is 8.56. The maximum atomic E-state index is 6.39. The second-order valence-electron chi connectivity index (χ2n) is 7.64. The standard InChI is InChI=1S/C21H34N2O.2ClH/c1-19-8-10-20(11-9-19)18-24-21(16-22-12-4-2-5-13-22)17-23-14-6-3-7-15-23;;/h8-11,21H,2-7,12-18H2,1H3;2*1H. The molecule has 2 saturated heterocycles. The minimum Gasteiger partial charge on any atom is -0.371 e. The van der Waals surface area contributed by atoms with Crippen LogP contribution in [-0.4, -0.2) is 55.2 Å². The Labute approximate surface area is 172 Å². The van der Waals surface area contributed by atoms with E-state index in [4.69, 9.17) is 4.74 Å². The van der Waals surface area contributed by atoms with Gasteiger partial charge in [0.1, 0.15) is 0 Å². The quantitative estimate of drug-likeness (QED) is 0.657. The summed E-state index contributed by atoms with van der Waals surface area (Å²) in [6, 6.07) is 8.77. The number of ether oxygens (including phenoxy) is 1. The molecule has 0 bridgehead atoms. The number of benzene rings is 1. The number of hydrogen-bond acceptors (Lipinski definition) is 3. The van der Waals surface area contributed by atoms with Crippen LogP contribution in [0, 0.1) is 6.92 Å². The fraction of sp³-hybridized carbons (Fsp3) is 0.714. The molecule has 0 unspecified atom stereocenters. The Morgan fingerprint density at radius 3 is 1.69 bits per heavy atom. The maximum absolute atomic E-state index is 6.39. The summed E-state index contributed by atoms with van der Waals surface area (Å²) >= 11 is 0. The summed E-state index contributed by atoms with van der Waals surface area (Å²) in [5.41, 5.74) is 2.61. The summed E-state index contributed by atoms with van der Waals surface area (Å²) in [6.45, 7) is 10.1. The van der Waals surface area contributed by atoms with Crippen LogP contribution in [0.1, 0.15) is 49.7 Å². The topological polar surface area (TPSA) is 15.7 Å². The highest BCUT2D eigenvalue weighted by Crippen LogP contribution is 2.15. The third kappa shape index (κ3) is 8.14. The van der Waals surface area contributed by atoms with Crippen molar-refractivity contribution in [1.82, 2.24) is 9.80 Å². The van der Waals surface area contributed by atoms with Crippen molar-refractivity contribution in [1.29, 1.82) is 0 Å². The summed E-state index contributed by atoms with van der Waals surface area (Å²) in [5.74, 6) is 0. The van der Waals surface area contributed by atoms with Gasteiger partial charge in [-0.2, -0.15) is 0 Å². The van der Waals surface area contributed by atoms with Gasteiger partial charge in [0.15, 0.2) is 0 Å². The van der Waals surface area contributed by atoms with Gasteiger partial charge in [0, 0.05) is 13.1 Å². The molecule has 2 heterocycles. The van der Waals surface area contributed by atoms with E-state index in [9.17, 15) is 0 Å². The first-order valence-electron chi connectivity index (χ1n) is 9.91. The Balaban J connectivity index is 0.00000169. The zero-order valence-corrected chi connectivity index (χ0v) is 17.8. The summed E-state index contributed by atoms with van der Waals surface area (Å²) < 4.78 is 6.39. The van der Waals surface area contributed by atoms with Crippen LogP contribution in [-0.2, 0) is 11.3 Å². The Kier molecular flexibility index (Phi) is 11.8. The molecule has 0 aliphatic carbocycles. The van der Waals surface area contributed by atoms with Gasteiger partial charge in [-0.15, -0.1) is 24.8 Å². The molecule has 2 fully saturated rings. The average Bonchev–Trinajstić information content (AvgIpc) is 2.63. The Morgan fingerprint density at radius 2 is 1.23 bits per heavy atom. The van der Waals surface area contributed by atoms with E-state index in [1.54, 1.807) is 0 Å². The lowest BCUT2D eigenvalue weighted by Crippen LogP contribution is -2.44. The fourth-order valence-electron chi connectivity index (χ4n) is 3.92. The van der Waals surface area contributed by atoms with E-state index < -0.39 is 0 Å². The lowest BCUT2D eigenvalue weighted by Gasteiger charge is -2.34. The van der Waals surface area contributed by atoms with Crippen molar-refractivity contribution in [3.05, 3.63) is 35.4 Å². The Bertz CT molecular complexity index is 451. The molecule has 0 saturated carbocycles. The smallest absolute Gasteiger partial charge is 0.0833 e. The van der Waals surface area contributed by atoms with Gasteiger partial charge in [0.2, 0.25) is 0 Å². The number of halogens is 2. The molecule has 0 radical (unpaired) electrons. The number of likely N-dealkylation sites (tertiary alicyclic amines) is 2. The molecular formula is C21H36Cl2N2O. The molecule has 26 heavy (non-hydrogen) atoms. The van der Waals surface area contributed by atoms with Crippen molar-refractivity contribution in [3.8, 4) is 0 Å². The third-order valence-corrected chi connectivity index (χ3v) is 5.43. The largest absolute Gasteiger partial charge is 0.371 e. The van der Waals surface area contributed by atoms with Crippen LogP contribution in [0.2, 0.25) is 0 Å². The molecule has 2 aliphatic rings. The van der Waals surface area contributed by atoms with Gasteiger partial charge < -0.3 is 14.5 Å². The fourth-order valence-corrected chi connectivity index (χ4v) is 3.92. The summed E-state index contributed by atoms with van der Waals surface area (Å²) in [5, 5.41) is 0. The molecule has 5 heteroatoms. The Morgan fingerprint density at radius 1 is 0.769 bits per heavy atom. The second kappa shape index (κ2) is 13.0. The van der Waals surface area contributed by atoms with Crippen LogP contribution in [0.25, 0.3) is 0 Å². The lowest BCUT2D eigenvalue weighted by molar-refractivity contribution is -0.0118. The number of rotatable bonds is 7. The monoisotopic (exact) mass is 402 g/mol. The van der Waals surface area contributed by atoms with E-state index in [1.807, 2.05) is 0 Å². The predicted molar refractivity (Wildman–Crippen MR) is 115 cm³/mol. The van der Waals surface area contributed by atoms with Crippen molar-refractivity contribution in [2.45, 2.75) is 58.2 Å². The van der Waals surface area contributed by atoms with Gasteiger partial charge in [-0.05, 0) is 64.3 Å². The first kappa shape index (κ1) is 23.7. The third-order valence-electron chi connectivity index (χ3n) is 5.43. The summed E-state index contributed by atoms with van der Waals surface area (Å²) in [7, 11) is 0. The van der Waals surface area contributed by atoms with Crippen molar-refractivity contribution in [2.24, 2.45) is 0 Å². The van der Waals surface area contributed by atoms with Crippen molar-refractivity contribution in [2.75, 3.05) is 39.3 Å². The first-order chi connectivity index (χ1) is 11.8. The van der Waals surface area contributed by atoms with Crippen molar-refractivity contribution < 1.29 is 4.74 Å². The number of hydrogen-bond donors (Lipinski definition) is 0. The number of aryl methyl sites for hydroxylation is 1. The average molecular weight is 403 g/mol. The maximum Gasteiger partial charge on any atom is 0.0833 e. The van der Waals surface area contributed by atoms with E-state index in [0.29, 0.717) is 6.10 Å². The number of piperidine rings is 2. The highest BCUT2D eigenvalue weighted by Gasteiger charge is 2.21.